The highest BCUT2D eigenvalue weighted by Gasteiger charge is 2.46. The van der Waals surface area contributed by atoms with Gasteiger partial charge < -0.3 is 0 Å². The molecule has 1 unspecified atom stereocenters. The summed E-state index contributed by atoms with van der Waals surface area (Å²) in [4.78, 5) is 4.86. The smallest absolute Gasteiger partial charge is 0.0529 e. The second kappa shape index (κ2) is 6.35. The topological polar surface area (TPSA) is 12.4 Å². The number of allylic oxidation sites excluding steroid dienone is 1. The molecule has 0 radical (unpaired) electrons. The standard InChI is InChI=1S/C26H23N/c1-27-25-24-14-8-7-13-22(24)18-26(25,17-19-9-3-2-4-10-19)23-15-20-11-5-6-12-21(20)16-23/h2-15H,16-18H2,1H3. The Bertz CT molecular complexity index is 1060. The van der Waals surface area contributed by atoms with Gasteiger partial charge >= 0.3 is 0 Å². The second-order valence-electron chi connectivity index (χ2n) is 7.70. The van der Waals surface area contributed by atoms with Gasteiger partial charge in [-0.15, -0.1) is 0 Å². The first kappa shape index (κ1) is 16.3. The summed E-state index contributed by atoms with van der Waals surface area (Å²) in [5.74, 6) is 0. The van der Waals surface area contributed by atoms with Gasteiger partial charge in [-0.2, -0.15) is 0 Å². The average molecular weight is 349 g/mol. The number of fused-ring (bicyclic) bond motifs is 2. The zero-order valence-electron chi connectivity index (χ0n) is 15.7. The Kier molecular flexibility index (Phi) is 3.82. The van der Waals surface area contributed by atoms with Crippen LogP contribution in [0.1, 0.15) is 27.8 Å². The molecule has 3 aromatic carbocycles. The Hall–Kier alpha value is -2.93. The minimum Gasteiger partial charge on any atom is -0.291 e. The van der Waals surface area contributed by atoms with Crippen LogP contribution in [-0.4, -0.2) is 12.8 Å². The lowest BCUT2D eigenvalue weighted by molar-refractivity contribution is 0.503. The van der Waals surface area contributed by atoms with Crippen LogP contribution in [0.5, 0.6) is 0 Å². The van der Waals surface area contributed by atoms with E-state index in [2.05, 4.69) is 84.9 Å². The van der Waals surface area contributed by atoms with Gasteiger partial charge in [0.25, 0.3) is 0 Å². The first-order chi connectivity index (χ1) is 13.3. The van der Waals surface area contributed by atoms with Crippen molar-refractivity contribution in [3.05, 3.63) is 112 Å². The minimum absolute atomic E-state index is 0.0567. The Balaban J connectivity index is 1.67. The van der Waals surface area contributed by atoms with E-state index in [1.165, 1.54) is 39.1 Å². The van der Waals surface area contributed by atoms with E-state index < -0.39 is 0 Å². The molecule has 2 aliphatic rings. The van der Waals surface area contributed by atoms with Crippen LogP contribution in [0, 0.1) is 5.41 Å². The number of rotatable bonds is 3. The maximum absolute atomic E-state index is 4.86. The summed E-state index contributed by atoms with van der Waals surface area (Å²) in [5.41, 5.74) is 9.63. The van der Waals surface area contributed by atoms with Gasteiger partial charge in [0.05, 0.1) is 5.71 Å². The molecule has 0 aliphatic heterocycles. The van der Waals surface area contributed by atoms with Crippen molar-refractivity contribution in [2.45, 2.75) is 19.3 Å². The summed E-state index contributed by atoms with van der Waals surface area (Å²) >= 11 is 0. The molecule has 1 heteroatoms. The zero-order chi connectivity index (χ0) is 18.3. The van der Waals surface area contributed by atoms with Crippen LogP contribution in [0.25, 0.3) is 6.08 Å². The van der Waals surface area contributed by atoms with Crippen LogP contribution in [0.3, 0.4) is 0 Å². The van der Waals surface area contributed by atoms with Crippen LogP contribution >= 0.6 is 0 Å². The third-order valence-corrected chi connectivity index (χ3v) is 6.17. The maximum atomic E-state index is 4.86. The molecule has 2 aliphatic carbocycles. The molecule has 0 aromatic heterocycles. The fourth-order valence-corrected chi connectivity index (χ4v) is 4.96. The molecule has 0 bridgehead atoms. The Morgan fingerprint density at radius 1 is 0.815 bits per heavy atom. The number of nitrogens with zero attached hydrogens (tertiary/aromatic N) is 1. The van der Waals surface area contributed by atoms with Crippen molar-refractivity contribution in [1.82, 2.24) is 0 Å². The largest absolute Gasteiger partial charge is 0.291 e. The van der Waals surface area contributed by atoms with E-state index in [4.69, 9.17) is 4.99 Å². The van der Waals surface area contributed by atoms with Gasteiger partial charge in [0.1, 0.15) is 0 Å². The van der Waals surface area contributed by atoms with E-state index in [-0.39, 0.29) is 5.41 Å². The molecule has 1 nitrogen and oxygen atoms in total. The summed E-state index contributed by atoms with van der Waals surface area (Å²) in [6.07, 6.45) is 5.48. The minimum atomic E-state index is -0.0567. The van der Waals surface area contributed by atoms with E-state index in [0.29, 0.717) is 0 Å². The predicted octanol–water partition coefficient (Wildman–Crippen LogP) is 5.53. The summed E-state index contributed by atoms with van der Waals surface area (Å²) in [6, 6.07) is 28.5. The maximum Gasteiger partial charge on any atom is 0.0529 e. The average Bonchev–Trinajstić information content (AvgIpc) is 3.28. The molecule has 3 aromatic rings. The Morgan fingerprint density at radius 3 is 2.30 bits per heavy atom. The van der Waals surface area contributed by atoms with Gasteiger partial charge in [-0.25, -0.2) is 0 Å². The van der Waals surface area contributed by atoms with Gasteiger partial charge in [-0.3, -0.25) is 4.99 Å². The van der Waals surface area contributed by atoms with Crippen molar-refractivity contribution >= 4 is 11.8 Å². The molecule has 0 saturated carbocycles. The molecule has 132 valence electrons. The van der Waals surface area contributed by atoms with Crippen LogP contribution in [-0.2, 0) is 19.3 Å². The van der Waals surface area contributed by atoms with E-state index in [1.807, 2.05) is 7.05 Å². The highest BCUT2D eigenvalue weighted by atomic mass is 14.7. The number of benzene rings is 3. The highest BCUT2D eigenvalue weighted by Crippen LogP contribution is 2.49. The molecule has 27 heavy (non-hydrogen) atoms. The van der Waals surface area contributed by atoms with Crippen molar-refractivity contribution in [2.24, 2.45) is 10.4 Å². The lowest BCUT2D eigenvalue weighted by Crippen LogP contribution is -2.34. The zero-order valence-corrected chi connectivity index (χ0v) is 15.7. The van der Waals surface area contributed by atoms with Crippen molar-refractivity contribution in [1.29, 1.82) is 0 Å². The molecule has 0 spiro atoms. The fourth-order valence-electron chi connectivity index (χ4n) is 4.96. The van der Waals surface area contributed by atoms with E-state index in [1.54, 1.807) is 0 Å². The van der Waals surface area contributed by atoms with Crippen molar-refractivity contribution in [2.75, 3.05) is 7.05 Å². The quantitative estimate of drug-likeness (QED) is 0.589. The predicted molar refractivity (Wildman–Crippen MR) is 113 cm³/mol. The first-order valence-corrected chi connectivity index (χ1v) is 9.68. The lowest BCUT2D eigenvalue weighted by atomic mass is 9.70. The summed E-state index contributed by atoms with van der Waals surface area (Å²) < 4.78 is 0. The third-order valence-electron chi connectivity index (χ3n) is 6.17. The fraction of sp³-hybridized carbons (Fsp3) is 0.192. The van der Waals surface area contributed by atoms with E-state index >= 15 is 0 Å². The van der Waals surface area contributed by atoms with Crippen LogP contribution in [0.4, 0.5) is 0 Å². The monoisotopic (exact) mass is 349 g/mol. The number of hydrogen-bond acceptors (Lipinski definition) is 1. The van der Waals surface area contributed by atoms with E-state index in [0.717, 1.165) is 19.3 Å². The highest BCUT2D eigenvalue weighted by molar-refractivity contribution is 6.11. The Morgan fingerprint density at radius 2 is 1.52 bits per heavy atom. The van der Waals surface area contributed by atoms with Gasteiger partial charge in [0, 0.05) is 12.5 Å². The number of hydrogen-bond donors (Lipinski definition) is 0. The number of aliphatic imine (C=N–C) groups is 1. The molecular formula is C26H23N. The van der Waals surface area contributed by atoms with Crippen molar-refractivity contribution < 1.29 is 0 Å². The third kappa shape index (κ3) is 2.57. The molecule has 0 heterocycles. The van der Waals surface area contributed by atoms with Crippen LogP contribution in [0.15, 0.2) is 89.4 Å². The van der Waals surface area contributed by atoms with Gasteiger partial charge in [-0.1, -0.05) is 90.5 Å². The van der Waals surface area contributed by atoms with E-state index in [9.17, 15) is 0 Å². The molecule has 0 amide bonds. The molecule has 0 N–H and O–H groups in total. The molecule has 1 atom stereocenters. The normalized spacial score (nSPS) is 21.8. The summed E-state index contributed by atoms with van der Waals surface area (Å²) in [6.45, 7) is 0. The molecule has 0 fully saturated rings. The Labute approximate surface area is 161 Å². The van der Waals surface area contributed by atoms with Gasteiger partial charge in [0.2, 0.25) is 0 Å². The van der Waals surface area contributed by atoms with Crippen molar-refractivity contribution in [3.8, 4) is 0 Å². The second-order valence-corrected chi connectivity index (χ2v) is 7.70. The lowest BCUT2D eigenvalue weighted by Gasteiger charge is -2.32. The van der Waals surface area contributed by atoms with Crippen LogP contribution < -0.4 is 0 Å². The van der Waals surface area contributed by atoms with Crippen molar-refractivity contribution in [3.63, 3.8) is 0 Å². The summed E-state index contributed by atoms with van der Waals surface area (Å²) in [5, 5.41) is 0. The molecular weight excluding hydrogens is 326 g/mol. The van der Waals surface area contributed by atoms with Crippen LogP contribution in [0.2, 0.25) is 0 Å². The van der Waals surface area contributed by atoms with Gasteiger partial charge in [0.15, 0.2) is 0 Å². The summed E-state index contributed by atoms with van der Waals surface area (Å²) in [7, 11) is 1.96. The SMILES string of the molecule is CN=C1c2ccccc2CC1(Cc1ccccc1)C1=Cc2ccccc2C1. The molecule has 5 rings (SSSR count). The molecule has 0 saturated heterocycles. The first-order valence-electron chi connectivity index (χ1n) is 9.68. The van der Waals surface area contributed by atoms with Gasteiger partial charge in [-0.05, 0) is 47.1 Å².